The van der Waals surface area contributed by atoms with Gasteiger partial charge < -0.3 is 14.2 Å². The first-order chi connectivity index (χ1) is 12.1. The van der Waals surface area contributed by atoms with Crippen molar-refractivity contribution < 1.29 is 14.2 Å². The SMILES string of the molecule is C=CC[C@]1(C)[C@@H](C)CC[C@@H]2O[C@@]21CCCOCc1ccc(OC)cc1. The van der Waals surface area contributed by atoms with Crippen LogP contribution in [0.15, 0.2) is 36.9 Å². The number of hydrogen-bond acceptors (Lipinski definition) is 3. The molecule has 4 atom stereocenters. The Bertz CT molecular complexity index is 581. The van der Waals surface area contributed by atoms with Crippen molar-refractivity contribution in [3.63, 3.8) is 0 Å². The zero-order valence-corrected chi connectivity index (χ0v) is 15.9. The fourth-order valence-electron chi connectivity index (χ4n) is 4.68. The predicted molar refractivity (Wildman–Crippen MR) is 101 cm³/mol. The fraction of sp³-hybridized carbons (Fsp3) is 0.636. The molecule has 1 aromatic rings. The molecule has 1 saturated heterocycles. The molecule has 0 unspecified atom stereocenters. The normalized spacial score (nSPS) is 33.6. The molecule has 1 aliphatic carbocycles. The van der Waals surface area contributed by atoms with Crippen LogP contribution in [0.2, 0.25) is 0 Å². The summed E-state index contributed by atoms with van der Waals surface area (Å²) < 4.78 is 17.3. The van der Waals surface area contributed by atoms with Gasteiger partial charge in [-0.1, -0.05) is 32.1 Å². The van der Waals surface area contributed by atoms with E-state index in [9.17, 15) is 0 Å². The van der Waals surface area contributed by atoms with E-state index in [0.29, 0.717) is 18.6 Å². The molecule has 1 heterocycles. The summed E-state index contributed by atoms with van der Waals surface area (Å²) in [6.07, 6.45) is 8.18. The number of benzene rings is 1. The van der Waals surface area contributed by atoms with Gasteiger partial charge in [-0.2, -0.15) is 0 Å². The third kappa shape index (κ3) is 3.50. The van der Waals surface area contributed by atoms with Crippen LogP contribution in [-0.2, 0) is 16.1 Å². The van der Waals surface area contributed by atoms with Gasteiger partial charge in [0.15, 0.2) is 0 Å². The largest absolute Gasteiger partial charge is 0.497 e. The van der Waals surface area contributed by atoms with Crippen LogP contribution >= 0.6 is 0 Å². The maximum atomic E-state index is 6.28. The number of epoxide rings is 1. The number of ether oxygens (including phenoxy) is 3. The van der Waals surface area contributed by atoms with Crippen molar-refractivity contribution in [2.45, 2.75) is 64.3 Å². The Morgan fingerprint density at radius 2 is 2.04 bits per heavy atom. The van der Waals surface area contributed by atoms with E-state index in [-0.39, 0.29) is 11.0 Å². The van der Waals surface area contributed by atoms with Crippen molar-refractivity contribution in [3.8, 4) is 5.75 Å². The number of fused-ring (bicyclic) bond motifs is 1. The number of hydrogen-bond donors (Lipinski definition) is 0. The number of allylic oxidation sites excluding steroid dienone is 1. The average molecular weight is 344 g/mol. The Morgan fingerprint density at radius 3 is 2.72 bits per heavy atom. The van der Waals surface area contributed by atoms with E-state index in [1.165, 1.54) is 18.4 Å². The number of methoxy groups -OCH3 is 1. The molecule has 138 valence electrons. The monoisotopic (exact) mass is 344 g/mol. The third-order valence-electron chi connectivity index (χ3n) is 6.56. The van der Waals surface area contributed by atoms with Gasteiger partial charge in [0.2, 0.25) is 0 Å². The van der Waals surface area contributed by atoms with Gasteiger partial charge in [-0.05, 0) is 55.7 Å². The molecule has 1 aromatic carbocycles. The van der Waals surface area contributed by atoms with Gasteiger partial charge in [0.25, 0.3) is 0 Å². The quantitative estimate of drug-likeness (QED) is 0.353. The summed E-state index contributed by atoms with van der Waals surface area (Å²) in [7, 11) is 1.68. The summed E-state index contributed by atoms with van der Waals surface area (Å²) in [6, 6.07) is 8.07. The first-order valence-electron chi connectivity index (χ1n) is 9.55. The zero-order chi connectivity index (χ0) is 17.9. The molecular weight excluding hydrogens is 312 g/mol. The molecule has 25 heavy (non-hydrogen) atoms. The second kappa shape index (κ2) is 7.51. The summed E-state index contributed by atoms with van der Waals surface area (Å²) in [5.41, 5.74) is 1.46. The molecule has 2 fully saturated rings. The highest BCUT2D eigenvalue weighted by atomic mass is 16.6. The molecule has 0 bridgehead atoms. The maximum Gasteiger partial charge on any atom is 0.118 e. The minimum atomic E-state index is 0.0579. The molecule has 2 aliphatic rings. The highest BCUT2D eigenvalue weighted by Crippen LogP contribution is 2.64. The lowest BCUT2D eigenvalue weighted by Crippen LogP contribution is -2.45. The molecule has 1 saturated carbocycles. The van der Waals surface area contributed by atoms with Crippen LogP contribution < -0.4 is 4.74 Å². The van der Waals surface area contributed by atoms with E-state index >= 15 is 0 Å². The summed E-state index contributed by atoms with van der Waals surface area (Å²) in [4.78, 5) is 0. The van der Waals surface area contributed by atoms with Crippen molar-refractivity contribution in [1.29, 1.82) is 0 Å². The standard InChI is InChI=1S/C22H32O3/c1-5-13-21(3)17(2)7-12-20-22(21,25-20)14-6-15-24-16-18-8-10-19(23-4)11-9-18/h5,8-11,17,20H,1,6-7,12-16H2,2-4H3/t17-,20-,21+,22-/m0/s1. The van der Waals surface area contributed by atoms with Gasteiger partial charge >= 0.3 is 0 Å². The van der Waals surface area contributed by atoms with Gasteiger partial charge in [0, 0.05) is 12.0 Å². The lowest BCUT2D eigenvalue weighted by atomic mass is 9.58. The highest BCUT2D eigenvalue weighted by Gasteiger charge is 2.68. The molecular formula is C22H32O3. The van der Waals surface area contributed by atoms with Crippen LogP contribution in [-0.4, -0.2) is 25.4 Å². The second-order valence-electron chi connectivity index (χ2n) is 7.89. The maximum absolute atomic E-state index is 6.28. The van der Waals surface area contributed by atoms with Gasteiger partial charge in [-0.3, -0.25) is 0 Å². The van der Waals surface area contributed by atoms with Crippen LogP contribution in [0.1, 0.15) is 51.5 Å². The molecule has 0 radical (unpaired) electrons. The molecule has 0 amide bonds. The molecule has 3 nitrogen and oxygen atoms in total. The fourth-order valence-corrected chi connectivity index (χ4v) is 4.68. The van der Waals surface area contributed by atoms with Crippen LogP contribution in [0, 0.1) is 11.3 Å². The molecule has 0 aromatic heterocycles. The second-order valence-corrected chi connectivity index (χ2v) is 7.89. The van der Waals surface area contributed by atoms with E-state index in [4.69, 9.17) is 14.2 Å². The highest BCUT2D eigenvalue weighted by molar-refractivity contribution is 5.26. The molecule has 0 spiro atoms. The lowest BCUT2D eigenvalue weighted by molar-refractivity contribution is 0.0361. The Balaban J connectivity index is 1.47. The minimum Gasteiger partial charge on any atom is -0.497 e. The van der Waals surface area contributed by atoms with E-state index in [1.54, 1.807) is 7.11 Å². The van der Waals surface area contributed by atoms with E-state index in [2.05, 4.69) is 38.6 Å². The van der Waals surface area contributed by atoms with Gasteiger partial charge in [0.05, 0.1) is 19.8 Å². The third-order valence-corrected chi connectivity index (χ3v) is 6.56. The predicted octanol–water partition coefficient (Wildman–Crippen LogP) is 5.14. The van der Waals surface area contributed by atoms with Crippen LogP contribution in [0.4, 0.5) is 0 Å². The number of rotatable bonds is 9. The Hall–Kier alpha value is -1.32. The van der Waals surface area contributed by atoms with Crippen molar-refractivity contribution in [3.05, 3.63) is 42.5 Å². The first-order valence-corrected chi connectivity index (χ1v) is 9.55. The van der Waals surface area contributed by atoms with Crippen LogP contribution in [0.5, 0.6) is 5.75 Å². The summed E-state index contributed by atoms with van der Waals surface area (Å²) in [6.45, 7) is 10.2. The minimum absolute atomic E-state index is 0.0579. The smallest absolute Gasteiger partial charge is 0.118 e. The van der Waals surface area contributed by atoms with Crippen molar-refractivity contribution in [2.24, 2.45) is 11.3 Å². The van der Waals surface area contributed by atoms with Crippen molar-refractivity contribution >= 4 is 0 Å². The van der Waals surface area contributed by atoms with E-state index in [0.717, 1.165) is 31.6 Å². The Labute approximate surface area is 152 Å². The van der Waals surface area contributed by atoms with Crippen LogP contribution in [0.25, 0.3) is 0 Å². The van der Waals surface area contributed by atoms with Gasteiger partial charge in [-0.15, -0.1) is 6.58 Å². The van der Waals surface area contributed by atoms with Crippen molar-refractivity contribution in [1.82, 2.24) is 0 Å². The first kappa shape index (κ1) is 18.5. The topological polar surface area (TPSA) is 31.0 Å². The van der Waals surface area contributed by atoms with Gasteiger partial charge in [-0.25, -0.2) is 0 Å². The summed E-state index contributed by atoms with van der Waals surface area (Å²) in [5.74, 6) is 1.57. The van der Waals surface area contributed by atoms with Crippen molar-refractivity contribution in [2.75, 3.05) is 13.7 Å². The Morgan fingerprint density at radius 1 is 1.28 bits per heavy atom. The average Bonchev–Trinajstić information content (AvgIpc) is 3.35. The molecule has 3 rings (SSSR count). The lowest BCUT2D eigenvalue weighted by Gasteiger charge is -2.44. The summed E-state index contributed by atoms with van der Waals surface area (Å²) in [5, 5.41) is 0. The molecule has 0 N–H and O–H groups in total. The zero-order valence-electron chi connectivity index (χ0n) is 15.9. The molecule has 3 heteroatoms. The summed E-state index contributed by atoms with van der Waals surface area (Å²) >= 11 is 0. The Kier molecular flexibility index (Phi) is 5.55. The van der Waals surface area contributed by atoms with E-state index in [1.807, 2.05) is 12.1 Å². The van der Waals surface area contributed by atoms with Crippen LogP contribution in [0.3, 0.4) is 0 Å². The van der Waals surface area contributed by atoms with E-state index < -0.39 is 0 Å². The van der Waals surface area contributed by atoms with Gasteiger partial charge in [0.1, 0.15) is 11.4 Å². The molecule has 1 aliphatic heterocycles.